The van der Waals surface area contributed by atoms with E-state index >= 15 is 0 Å². The number of nitrogens with zero attached hydrogens (tertiary/aromatic N) is 2. The zero-order valence-electron chi connectivity index (χ0n) is 12.2. The fourth-order valence-electron chi connectivity index (χ4n) is 2.05. The molecule has 116 valence electrons. The molecular weight excluding hydrogens is 297 g/mol. The van der Waals surface area contributed by atoms with Gasteiger partial charge in [0.1, 0.15) is 11.6 Å². The van der Waals surface area contributed by atoms with Crippen molar-refractivity contribution in [3.05, 3.63) is 66.2 Å². The summed E-state index contributed by atoms with van der Waals surface area (Å²) < 4.78 is 18.0. The van der Waals surface area contributed by atoms with Gasteiger partial charge in [0.2, 0.25) is 0 Å². The topological polar surface area (TPSA) is 64.1 Å². The number of aromatic nitrogens is 2. The van der Waals surface area contributed by atoms with Crippen molar-refractivity contribution in [3.8, 4) is 5.75 Å². The Morgan fingerprint density at radius 2 is 1.78 bits per heavy atom. The van der Waals surface area contributed by atoms with Crippen molar-refractivity contribution >= 4 is 16.9 Å². The molecular formula is C17H14FN3O2. The van der Waals surface area contributed by atoms with Gasteiger partial charge in [0.05, 0.1) is 11.0 Å². The molecule has 0 spiro atoms. The van der Waals surface area contributed by atoms with Gasteiger partial charge in [-0.05, 0) is 42.0 Å². The standard InChI is InChI=1S/C17H14FN3O2/c18-13-2-4-14(5-3-13)23-11-17(22)21-10-12-1-6-15-16(9-12)20-8-7-19-15/h1-9H,10-11H2,(H,21,22). The van der Waals surface area contributed by atoms with Gasteiger partial charge >= 0.3 is 0 Å². The van der Waals surface area contributed by atoms with Crippen molar-refractivity contribution < 1.29 is 13.9 Å². The highest BCUT2D eigenvalue weighted by Crippen LogP contribution is 2.12. The molecule has 1 aromatic heterocycles. The van der Waals surface area contributed by atoms with Crippen LogP contribution in [0.2, 0.25) is 0 Å². The third kappa shape index (κ3) is 4.00. The molecule has 0 aliphatic heterocycles. The number of halogens is 1. The molecule has 0 saturated carbocycles. The van der Waals surface area contributed by atoms with Crippen molar-refractivity contribution in [2.75, 3.05) is 6.61 Å². The number of nitrogens with one attached hydrogen (secondary N) is 1. The third-order valence-electron chi connectivity index (χ3n) is 3.21. The highest BCUT2D eigenvalue weighted by Gasteiger charge is 2.04. The lowest BCUT2D eigenvalue weighted by molar-refractivity contribution is -0.123. The number of ether oxygens (including phenoxy) is 1. The van der Waals surface area contributed by atoms with Crippen molar-refractivity contribution in [3.63, 3.8) is 0 Å². The number of amides is 1. The average Bonchev–Trinajstić information content (AvgIpc) is 2.59. The molecule has 5 nitrogen and oxygen atoms in total. The number of carbonyl (C=O) groups is 1. The van der Waals surface area contributed by atoms with Gasteiger partial charge in [-0.2, -0.15) is 0 Å². The molecule has 3 aromatic rings. The Balaban J connectivity index is 1.52. The van der Waals surface area contributed by atoms with Gasteiger partial charge in [-0.1, -0.05) is 6.07 Å². The first-order valence-corrected chi connectivity index (χ1v) is 7.05. The minimum Gasteiger partial charge on any atom is -0.484 e. The molecule has 0 aliphatic rings. The van der Waals surface area contributed by atoms with Gasteiger partial charge in [0.25, 0.3) is 5.91 Å². The highest BCUT2D eigenvalue weighted by atomic mass is 19.1. The van der Waals surface area contributed by atoms with E-state index in [0.717, 1.165) is 16.6 Å². The second-order valence-electron chi connectivity index (χ2n) is 4.90. The van der Waals surface area contributed by atoms with Crippen molar-refractivity contribution in [1.82, 2.24) is 15.3 Å². The Morgan fingerprint density at radius 1 is 1.04 bits per heavy atom. The van der Waals surface area contributed by atoms with E-state index in [4.69, 9.17) is 4.74 Å². The van der Waals surface area contributed by atoms with Crippen molar-refractivity contribution in [2.45, 2.75) is 6.54 Å². The third-order valence-corrected chi connectivity index (χ3v) is 3.21. The molecule has 0 fully saturated rings. The maximum absolute atomic E-state index is 12.8. The lowest BCUT2D eigenvalue weighted by Crippen LogP contribution is -2.28. The summed E-state index contributed by atoms with van der Waals surface area (Å²) in [6.07, 6.45) is 3.26. The van der Waals surface area contributed by atoms with Gasteiger partial charge in [0.15, 0.2) is 6.61 Å². The lowest BCUT2D eigenvalue weighted by Gasteiger charge is -2.08. The van der Waals surface area contributed by atoms with Crippen molar-refractivity contribution in [1.29, 1.82) is 0 Å². The number of hydrogen-bond acceptors (Lipinski definition) is 4. The highest BCUT2D eigenvalue weighted by molar-refractivity contribution is 5.78. The molecule has 3 rings (SSSR count). The van der Waals surface area contributed by atoms with Gasteiger partial charge in [-0.25, -0.2) is 4.39 Å². The summed E-state index contributed by atoms with van der Waals surface area (Å²) in [4.78, 5) is 20.2. The predicted octanol–water partition coefficient (Wildman–Crippen LogP) is 2.46. The average molecular weight is 311 g/mol. The number of benzene rings is 2. The summed E-state index contributed by atoms with van der Waals surface area (Å²) in [6, 6.07) is 11.1. The molecule has 23 heavy (non-hydrogen) atoms. The molecule has 0 aliphatic carbocycles. The van der Waals surface area contributed by atoms with Crippen LogP contribution in [0.4, 0.5) is 4.39 Å². The maximum atomic E-state index is 12.8. The van der Waals surface area contributed by atoms with Gasteiger partial charge in [-0.3, -0.25) is 14.8 Å². The first kappa shape index (κ1) is 14.9. The minimum absolute atomic E-state index is 0.126. The zero-order chi connectivity index (χ0) is 16.1. The summed E-state index contributed by atoms with van der Waals surface area (Å²) in [5.41, 5.74) is 2.51. The van der Waals surface area contributed by atoms with E-state index in [1.165, 1.54) is 24.3 Å². The largest absolute Gasteiger partial charge is 0.484 e. The van der Waals surface area contributed by atoms with E-state index in [9.17, 15) is 9.18 Å². The fourth-order valence-corrected chi connectivity index (χ4v) is 2.05. The molecule has 0 radical (unpaired) electrons. The van der Waals surface area contributed by atoms with Gasteiger partial charge < -0.3 is 10.1 Å². The number of rotatable bonds is 5. The van der Waals surface area contributed by atoms with Crippen LogP contribution in [0, 0.1) is 5.82 Å². The zero-order valence-corrected chi connectivity index (χ0v) is 12.2. The van der Waals surface area contributed by atoms with E-state index in [0.29, 0.717) is 12.3 Å². The Bertz CT molecular complexity index is 821. The Labute approximate surface area is 132 Å². The summed E-state index contributed by atoms with van der Waals surface area (Å²) in [6.45, 7) is 0.247. The van der Waals surface area contributed by atoms with Crippen molar-refractivity contribution in [2.24, 2.45) is 0 Å². The van der Waals surface area contributed by atoms with Crippen LogP contribution < -0.4 is 10.1 Å². The van der Waals surface area contributed by atoms with Gasteiger partial charge in [0, 0.05) is 18.9 Å². The predicted molar refractivity (Wildman–Crippen MR) is 83.3 cm³/mol. The van der Waals surface area contributed by atoms with E-state index in [1.807, 2.05) is 18.2 Å². The summed E-state index contributed by atoms with van der Waals surface area (Å²) in [5, 5.41) is 2.76. The summed E-state index contributed by atoms with van der Waals surface area (Å²) in [5.74, 6) is -0.155. The number of hydrogen-bond donors (Lipinski definition) is 1. The van der Waals surface area contributed by atoms with Crippen LogP contribution >= 0.6 is 0 Å². The molecule has 1 N–H and O–H groups in total. The first-order chi connectivity index (χ1) is 11.2. The molecule has 0 unspecified atom stereocenters. The second kappa shape index (κ2) is 6.83. The van der Waals surface area contributed by atoms with Crippen LogP contribution in [0.15, 0.2) is 54.9 Å². The second-order valence-corrected chi connectivity index (χ2v) is 4.90. The Morgan fingerprint density at radius 3 is 2.57 bits per heavy atom. The smallest absolute Gasteiger partial charge is 0.258 e. The first-order valence-electron chi connectivity index (χ1n) is 7.05. The van der Waals surface area contributed by atoms with E-state index in [2.05, 4.69) is 15.3 Å². The maximum Gasteiger partial charge on any atom is 0.258 e. The molecule has 1 heterocycles. The molecule has 1 amide bonds. The van der Waals surface area contributed by atoms with E-state index in [-0.39, 0.29) is 18.3 Å². The van der Waals surface area contributed by atoms with Gasteiger partial charge in [-0.15, -0.1) is 0 Å². The van der Waals surface area contributed by atoms with E-state index in [1.54, 1.807) is 12.4 Å². The van der Waals surface area contributed by atoms with Crippen LogP contribution in [0.3, 0.4) is 0 Å². The van der Waals surface area contributed by atoms with Crippen LogP contribution in [-0.2, 0) is 11.3 Å². The molecule has 6 heteroatoms. The Kier molecular flexibility index (Phi) is 4.42. The van der Waals surface area contributed by atoms with Crippen LogP contribution in [0.25, 0.3) is 11.0 Å². The van der Waals surface area contributed by atoms with E-state index < -0.39 is 0 Å². The van der Waals surface area contributed by atoms with Crippen LogP contribution in [0.5, 0.6) is 5.75 Å². The monoisotopic (exact) mass is 311 g/mol. The van der Waals surface area contributed by atoms with Crippen LogP contribution in [-0.4, -0.2) is 22.5 Å². The SMILES string of the molecule is O=C(COc1ccc(F)cc1)NCc1ccc2nccnc2c1. The Hall–Kier alpha value is -3.02. The fraction of sp³-hybridized carbons (Fsp3) is 0.118. The molecule has 0 bridgehead atoms. The quantitative estimate of drug-likeness (QED) is 0.786. The number of carbonyl (C=O) groups excluding carboxylic acids is 1. The lowest BCUT2D eigenvalue weighted by atomic mass is 10.2. The summed E-state index contributed by atoms with van der Waals surface area (Å²) in [7, 11) is 0. The van der Waals surface area contributed by atoms with Crippen LogP contribution in [0.1, 0.15) is 5.56 Å². The summed E-state index contributed by atoms with van der Waals surface area (Å²) >= 11 is 0. The minimum atomic E-state index is -0.346. The normalized spacial score (nSPS) is 10.5. The molecule has 0 saturated heterocycles. The molecule has 0 atom stereocenters. The number of fused-ring (bicyclic) bond motifs is 1. The molecule has 2 aromatic carbocycles.